The molecule has 0 spiro atoms. The molecule has 1 aromatic carbocycles. The summed E-state index contributed by atoms with van der Waals surface area (Å²) < 4.78 is 4.68. The second-order valence-electron chi connectivity index (χ2n) is 8.33. The quantitative estimate of drug-likeness (QED) is 0.330. The molecule has 0 fully saturated rings. The predicted octanol–water partition coefficient (Wildman–Crippen LogP) is 5.69. The highest BCUT2D eigenvalue weighted by Gasteiger charge is 2.17. The van der Waals surface area contributed by atoms with Crippen LogP contribution in [0.15, 0.2) is 36.7 Å². The van der Waals surface area contributed by atoms with E-state index in [-0.39, 0.29) is 0 Å². The number of hydrogen-bond acceptors (Lipinski definition) is 6. The van der Waals surface area contributed by atoms with Crippen molar-refractivity contribution in [1.29, 1.82) is 0 Å². The average molecular weight is 474 g/mol. The lowest BCUT2D eigenvalue weighted by Gasteiger charge is -2.06. The van der Waals surface area contributed by atoms with Gasteiger partial charge in [-0.25, -0.2) is 19.5 Å². The zero-order chi connectivity index (χ0) is 22.9. The van der Waals surface area contributed by atoms with Crippen LogP contribution in [0, 0.1) is 27.7 Å². The molecule has 0 aliphatic rings. The maximum Gasteiger partial charge on any atom is 0.182 e. The smallest absolute Gasteiger partial charge is 0.182 e. The van der Waals surface area contributed by atoms with E-state index in [9.17, 15) is 0 Å². The molecule has 9 heteroatoms. The number of pyridine rings is 1. The van der Waals surface area contributed by atoms with Gasteiger partial charge in [-0.15, -0.1) is 16.4 Å². The van der Waals surface area contributed by atoms with Crippen LogP contribution in [-0.2, 0) is 6.54 Å². The van der Waals surface area contributed by atoms with Gasteiger partial charge < -0.3 is 0 Å². The van der Waals surface area contributed by atoms with E-state index in [1.165, 1.54) is 5.56 Å². The number of benzene rings is 1. The molecule has 0 N–H and O–H groups in total. The molecule has 0 saturated carbocycles. The van der Waals surface area contributed by atoms with Crippen molar-refractivity contribution < 1.29 is 0 Å². The third-order valence-corrected chi connectivity index (χ3v) is 7.52. The minimum absolute atomic E-state index is 0.632. The van der Waals surface area contributed by atoms with Crippen LogP contribution < -0.4 is 0 Å². The molecule has 33 heavy (non-hydrogen) atoms. The van der Waals surface area contributed by atoms with Crippen LogP contribution in [0.3, 0.4) is 0 Å². The second kappa shape index (κ2) is 7.33. The predicted molar refractivity (Wildman–Crippen MR) is 132 cm³/mol. The van der Waals surface area contributed by atoms with Crippen molar-refractivity contribution in [2.24, 2.45) is 0 Å². The Morgan fingerprint density at radius 3 is 2.67 bits per heavy atom. The molecular weight excluding hydrogens is 454 g/mol. The van der Waals surface area contributed by atoms with Crippen molar-refractivity contribution in [3.05, 3.63) is 69.9 Å². The van der Waals surface area contributed by atoms with Crippen LogP contribution in [-0.4, -0.2) is 34.3 Å². The summed E-state index contributed by atoms with van der Waals surface area (Å²) >= 11 is 7.93. The summed E-state index contributed by atoms with van der Waals surface area (Å²) in [5.41, 5.74) is 7.77. The Morgan fingerprint density at radius 2 is 1.88 bits per heavy atom. The molecule has 7 nitrogen and oxygen atoms in total. The van der Waals surface area contributed by atoms with Crippen molar-refractivity contribution >= 4 is 49.0 Å². The molecule has 5 heterocycles. The Morgan fingerprint density at radius 1 is 1.03 bits per heavy atom. The van der Waals surface area contributed by atoms with Gasteiger partial charge in [0.15, 0.2) is 11.5 Å². The first-order valence-corrected chi connectivity index (χ1v) is 11.8. The van der Waals surface area contributed by atoms with Crippen LogP contribution in [0.25, 0.3) is 37.5 Å². The van der Waals surface area contributed by atoms with Crippen molar-refractivity contribution in [1.82, 2.24) is 34.3 Å². The van der Waals surface area contributed by atoms with Crippen LogP contribution in [0.1, 0.15) is 28.2 Å². The maximum absolute atomic E-state index is 6.32. The fourth-order valence-corrected chi connectivity index (χ4v) is 5.66. The molecule has 0 saturated heterocycles. The van der Waals surface area contributed by atoms with Gasteiger partial charge in [-0.3, -0.25) is 4.68 Å². The first-order chi connectivity index (χ1) is 15.9. The SMILES string of the molecule is Cc1cc(C)c2c(n1)sc1c2ncn2nc(-c3cccc(Cn4nc(C)c(Cl)c4C)c3)nc12. The van der Waals surface area contributed by atoms with Crippen LogP contribution >= 0.6 is 22.9 Å². The zero-order valence-electron chi connectivity index (χ0n) is 18.6. The van der Waals surface area contributed by atoms with E-state index >= 15 is 0 Å². The van der Waals surface area contributed by atoms with Gasteiger partial charge in [0.1, 0.15) is 15.9 Å². The fraction of sp³-hybridized carbons (Fsp3) is 0.208. The molecule has 0 aliphatic carbocycles. The second-order valence-corrected chi connectivity index (χ2v) is 9.71. The summed E-state index contributed by atoms with van der Waals surface area (Å²) in [5.74, 6) is 0.663. The van der Waals surface area contributed by atoms with Crippen molar-refractivity contribution in [2.75, 3.05) is 0 Å². The molecule has 0 bridgehead atoms. The van der Waals surface area contributed by atoms with E-state index in [0.29, 0.717) is 17.4 Å². The Labute approximate surface area is 198 Å². The number of aromatic nitrogens is 7. The molecule has 6 rings (SSSR count). The molecule has 0 radical (unpaired) electrons. The van der Waals surface area contributed by atoms with Gasteiger partial charge in [-0.2, -0.15) is 5.10 Å². The van der Waals surface area contributed by atoms with Gasteiger partial charge in [-0.1, -0.05) is 29.8 Å². The van der Waals surface area contributed by atoms with E-state index in [1.54, 1.807) is 22.2 Å². The molecule has 0 aliphatic heterocycles. The van der Waals surface area contributed by atoms with Crippen LogP contribution in [0.5, 0.6) is 0 Å². The summed E-state index contributed by atoms with van der Waals surface area (Å²) in [7, 11) is 0. The number of nitrogens with zero attached hydrogens (tertiary/aromatic N) is 7. The van der Waals surface area contributed by atoms with Gasteiger partial charge >= 0.3 is 0 Å². The minimum Gasteiger partial charge on any atom is -0.264 e. The van der Waals surface area contributed by atoms with Crippen molar-refractivity contribution in [2.45, 2.75) is 34.2 Å². The standard InChI is InChI=1S/C24H20ClN7S/c1-12-8-13(2)27-24-18(12)20-21(33-24)23-28-22(30-32(23)11-26-20)17-7-5-6-16(9-17)10-31-15(4)19(25)14(3)29-31/h5-9,11H,10H2,1-4H3. The average Bonchev–Trinajstić information content (AvgIpc) is 3.44. The van der Waals surface area contributed by atoms with E-state index in [1.807, 2.05) is 37.6 Å². The maximum atomic E-state index is 6.32. The van der Waals surface area contributed by atoms with Crippen LogP contribution in [0.4, 0.5) is 0 Å². The van der Waals surface area contributed by atoms with E-state index in [4.69, 9.17) is 31.7 Å². The Kier molecular flexibility index (Phi) is 4.50. The summed E-state index contributed by atoms with van der Waals surface area (Å²) in [6, 6.07) is 10.3. The van der Waals surface area contributed by atoms with Gasteiger partial charge in [-0.05, 0) is 51.0 Å². The molecule has 0 amide bonds. The van der Waals surface area contributed by atoms with Crippen molar-refractivity contribution in [3.63, 3.8) is 0 Å². The number of aryl methyl sites for hydroxylation is 3. The zero-order valence-corrected chi connectivity index (χ0v) is 20.2. The first kappa shape index (κ1) is 20.3. The van der Waals surface area contributed by atoms with Gasteiger partial charge in [0.2, 0.25) is 0 Å². The molecule has 6 aromatic rings. The number of thiophene rings is 1. The topological polar surface area (TPSA) is 73.8 Å². The number of fused-ring (bicyclic) bond motifs is 5. The van der Waals surface area contributed by atoms with Crippen LogP contribution in [0.2, 0.25) is 5.02 Å². The monoisotopic (exact) mass is 473 g/mol. The largest absolute Gasteiger partial charge is 0.264 e. The van der Waals surface area contributed by atoms with Crippen molar-refractivity contribution in [3.8, 4) is 11.4 Å². The van der Waals surface area contributed by atoms with Gasteiger partial charge in [0.25, 0.3) is 0 Å². The first-order valence-electron chi connectivity index (χ1n) is 10.6. The third-order valence-electron chi connectivity index (χ3n) is 5.90. The third kappa shape index (κ3) is 3.20. The molecule has 5 aromatic heterocycles. The summed E-state index contributed by atoms with van der Waals surface area (Å²) in [6.45, 7) is 8.65. The van der Waals surface area contributed by atoms with Gasteiger partial charge in [0, 0.05) is 16.6 Å². The lowest BCUT2D eigenvalue weighted by atomic mass is 10.1. The van der Waals surface area contributed by atoms with Gasteiger partial charge in [0.05, 0.1) is 28.5 Å². The number of rotatable bonds is 3. The molecule has 0 unspecified atom stereocenters. The fourth-order valence-electron chi connectivity index (χ4n) is 4.30. The highest BCUT2D eigenvalue weighted by molar-refractivity contribution is 7.26. The normalized spacial score (nSPS) is 11.9. The lowest BCUT2D eigenvalue weighted by Crippen LogP contribution is -2.04. The lowest BCUT2D eigenvalue weighted by molar-refractivity contribution is 0.659. The molecule has 164 valence electrons. The summed E-state index contributed by atoms with van der Waals surface area (Å²) in [5, 5.41) is 11.1. The highest BCUT2D eigenvalue weighted by atomic mass is 35.5. The summed E-state index contributed by atoms with van der Waals surface area (Å²) in [6.07, 6.45) is 1.74. The van der Waals surface area contributed by atoms with E-state index in [0.717, 1.165) is 54.3 Å². The summed E-state index contributed by atoms with van der Waals surface area (Å²) in [4.78, 5) is 15.3. The number of hydrogen-bond donors (Lipinski definition) is 0. The Hall–Kier alpha value is -3.36. The molecule has 0 atom stereocenters. The minimum atomic E-state index is 0.632. The highest BCUT2D eigenvalue weighted by Crippen LogP contribution is 2.36. The van der Waals surface area contributed by atoms with E-state index < -0.39 is 0 Å². The Bertz CT molecular complexity index is 1710. The Balaban J connectivity index is 1.45. The van der Waals surface area contributed by atoms with E-state index in [2.05, 4.69) is 30.2 Å². The number of halogens is 1. The molecular formula is C24H20ClN7S.